The number of carbonyl (C=O) groups is 3. The summed E-state index contributed by atoms with van der Waals surface area (Å²) >= 11 is 1.24. The van der Waals surface area contributed by atoms with E-state index in [1.165, 1.54) is 23.6 Å². The van der Waals surface area contributed by atoms with Crippen LogP contribution in [0, 0.1) is 23.2 Å². The number of aliphatic hydroxyl groups excluding tert-OH is 1. The number of aliphatic carboxylic acids is 1. The van der Waals surface area contributed by atoms with Crippen LogP contribution in [-0.4, -0.2) is 63.4 Å². The summed E-state index contributed by atoms with van der Waals surface area (Å²) in [4.78, 5) is 37.7. The molecule has 0 aromatic carbocycles. The average Bonchev–Trinajstić information content (AvgIpc) is 2.85. The first-order chi connectivity index (χ1) is 12.7. The van der Waals surface area contributed by atoms with Gasteiger partial charge in [0.2, 0.25) is 11.8 Å². The highest BCUT2D eigenvalue weighted by Crippen LogP contribution is 2.51. The highest BCUT2D eigenvalue weighted by molar-refractivity contribution is 8.03. The van der Waals surface area contributed by atoms with Crippen molar-refractivity contribution in [2.45, 2.75) is 44.9 Å². The van der Waals surface area contributed by atoms with Crippen LogP contribution in [0.25, 0.3) is 0 Å². The van der Waals surface area contributed by atoms with Crippen molar-refractivity contribution < 1.29 is 24.6 Å². The van der Waals surface area contributed by atoms with E-state index in [-0.39, 0.29) is 30.5 Å². The number of hydrogen-bond acceptors (Lipinski definition) is 7. The van der Waals surface area contributed by atoms with Crippen LogP contribution in [0.2, 0.25) is 0 Å². The number of thioether (sulfide) groups is 1. The fourth-order valence-electron chi connectivity index (χ4n) is 3.57. The Morgan fingerprint density at radius 2 is 2.11 bits per heavy atom. The Hall–Kier alpha value is -2.09. The SMILES string of the molecule is C[C@@H](N)C(=O)NCC[C@H]1C(SCCC#N)=C(C(=O)O)N2C(=O)[C@H]([C@@H](C)O)C12. The Morgan fingerprint density at radius 3 is 2.63 bits per heavy atom. The highest BCUT2D eigenvalue weighted by atomic mass is 32.2. The molecule has 0 aliphatic carbocycles. The van der Waals surface area contributed by atoms with Crippen molar-refractivity contribution in [2.75, 3.05) is 12.3 Å². The van der Waals surface area contributed by atoms with Crippen molar-refractivity contribution >= 4 is 29.5 Å². The van der Waals surface area contributed by atoms with Crippen LogP contribution in [0.1, 0.15) is 26.7 Å². The molecule has 2 aliphatic rings. The number of β-lactam (4-membered cyclic amide) rings is 1. The fraction of sp³-hybridized carbons (Fsp3) is 0.647. The monoisotopic (exact) mass is 396 g/mol. The lowest BCUT2D eigenvalue weighted by molar-refractivity contribution is -0.163. The minimum Gasteiger partial charge on any atom is -0.477 e. The maximum atomic E-state index is 12.4. The molecule has 2 heterocycles. The zero-order chi connectivity index (χ0) is 20.3. The summed E-state index contributed by atoms with van der Waals surface area (Å²) in [5.41, 5.74) is 5.45. The molecule has 0 radical (unpaired) electrons. The molecule has 148 valence electrons. The third kappa shape index (κ3) is 4.10. The van der Waals surface area contributed by atoms with Crippen LogP contribution in [0.5, 0.6) is 0 Å². The largest absolute Gasteiger partial charge is 0.477 e. The summed E-state index contributed by atoms with van der Waals surface area (Å²) in [5, 5.41) is 31.1. The van der Waals surface area contributed by atoms with Crippen LogP contribution in [0.15, 0.2) is 10.6 Å². The zero-order valence-electron chi connectivity index (χ0n) is 15.2. The summed E-state index contributed by atoms with van der Waals surface area (Å²) in [6.07, 6.45) is -0.256. The molecule has 2 amide bonds. The molecule has 27 heavy (non-hydrogen) atoms. The van der Waals surface area contributed by atoms with E-state index < -0.39 is 36.0 Å². The summed E-state index contributed by atoms with van der Waals surface area (Å²) in [5.74, 6) is -2.54. The van der Waals surface area contributed by atoms with Gasteiger partial charge in [0.15, 0.2) is 0 Å². The van der Waals surface area contributed by atoms with Gasteiger partial charge in [-0.05, 0) is 20.3 Å². The molecule has 1 saturated heterocycles. The van der Waals surface area contributed by atoms with E-state index in [0.717, 1.165) is 0 Å². The van der Waals surface area contributed by atoms with Crippen molar-refractivity contribution in [2.24, 2.45) is 17.6 Å². The van der Waals surface area contributed by atoms with E-state index in [1.54, 1.807) is 6.92 Å². The molecule has 0 spiro atoms. The van der Waals surface area contributed by atoms with Crippen molar-refractivity contribution in [3.05, 3.63) is 10.6 Å². The van der Waals surface area contributed by atoms with Crippen molar-refractivity contribution in [1.29, 1.82) is 5.26 Å². The molecule has 0 saturated carbocycles. The third-order valence-corrected chi connectivity index (χ3v) is 5.99. The number of carboxylic acid groups (broad SMARTS) is 1. The van der Waals surface area contributed by atoms with Crippen LogP contribution in [-0.2, 0) is 14.4 Å². The maximum Gasteiger partial charge on any atom is 0.353 e. The number of carbonyl (C=O) groups excluding carboxylic acids is 2. The lowest BCUT2D eigenvalue weighted by atomic mass is 9.77. The fourth-order valence-corrected chi connectivity index (χ4v) is 4.77. The Kier molecular flexibility index (Phi) is 6.86. The second kappa shape index (κ2) is 8.73. The standard InChI is InChI=1S/C17H24N4O5S/c1-8(19)15(23)20-6-4-10-12-11(9(2)22)16(24)21(12)13(17(25)26)14(10)27-7-3-5-18/h8-12,22H,3-4,6-7,19H2,1-2H3,(H,20,23)(H,25,26)/t8-,9-,10-,11-,12?/m1/s1. The Labute approximate surface area is 161 Å². The van der Waals surface area contributed by atoms with Crippen LogP contribution in [0.3, 0.4) is 0 Å². The second-order valence-corrected chi connectivity index (χ2v) is 7.85. The van der Waals surface area contributed by atoms with Gasteiger partial charge in [-0.1, -0.05) is 0 Å². The van der Waals surface area contributed by atoms with Gasteiger partial charge in [-0.2, -0.15) is 5.26 Å². The van der Waals surface area contributed by atoms with E-state index in [2.05, 4.69) is 5.32 Å². The molecule has 1 unspecified atom stereocenters. The predicted molar refractivity (Wildman–Crippen MR) is 97.9 cm³/mol. The topological polar surface area (TPSA) is 157 Å². The highest BCUT2D eigenvalue weighted by Gasteiger charge is 2.60. The minimum absolute atomic E-state index is 0.0756. The van der Waals surface area contributed by atoms with Gasteiger partial charge in [0.05, 0.1) is 30.2 Å². The van der Waals surface area contributed by atoms with Crippen molar-refractivity contribution in [3.8, 4) is 6.07 Å². The van der Waals surface area contributed by atoms with Gasteiger partial charge in [-0.15, -0.1) is 11.8 Å². The van der Waals surface area contributed by atoms with Gasteiger partial charge in [-0.3, -0.25) is 9.59 Å². The molecule has 9 nitrogen and oxygen atoms in total. The lowest BCUT2D eigenvalue weighted by Gasteiger charge is -2.47. The van der Waals surface area contributed by atoms with E-state index in [4.69, 9.17) is 11.0 Å². The van der Waals surface area contributed by atoms with E-state index in [0.29, 0.717) is 17.1 Å². The number of aliphatic hydroxyl groups is 1. The molecule has 0 aromatic heterocycles. The normalized spacial score (nSPS) is 26.1. The molecule has 5 N–H and O–H groups in total. The first kappa shape index (κ1) is 21.2. The number of fused-ring (bicyclic) bond motifs is 1. The van der Waals surface area contributed by atoms with E-state index in [9.17, 15) is 24.6 Å². The summed E-state index contributed by atoms with van der Waals surface area (Å²) < 4.78 is 0. The number of nitriles is 1. The van der Waals surface area contributed by atoms with E-state index in [1.807, 2.05) is 6.07 Å². The molecule has 1 fully saturated rings. The summed E-state index contributed by atoms with van der Waals surface area (Å²) in [7, 11) is 0. The Bertz CT molecular complexity index is 700. The van der Waals surface area contributed by atoms with Gasteiger partial charge >= 0.3 is 5.97 Å². The van der Waals surface area contributed by atoms with Crippen LogP contribution >= 0.6 is 11.8 Å². The van der Waals surface area contributed by atoms with Crippen molar-refractivity contribution in [3.63, 3.8) is 0 Å². The number of amides is 2. The van der Waals surface area contributed by atoms with Gasteiger partial charge < -0.3 is 26.2 Å². The third-order valence-electron chi connectivity index (χ3n) is 4.77. The maximum absolute atomic E-state index is 12.4. The van der Waals surface area contributed by atoms with Crippen LogP contribution < -0.4 is 11.1 Å². The molecule has 2 rings (SSSR count). The zero-order valence-corrected chi connectivity index (χ0v) is 16.0. The van der Waals surface area contributed by atoms with Crippen molar-refractivity contribution in [1.82, 2.24) is 10.2 Å². The van der Waals surface area contributed by atoms with Gasteiger partial charge in [-0.25, -0.2) is 4.79 Å². The number of nitrogens with zero attached hydrogens (tertiary/aromatic N) is 2. The number of carboxylic acids is 1. The molecule has 0 aromatic rings. The van der Waals surface area contributed by atoms with E-state index >= 15 is 0 Å². The quantitative estimate of drug-likeness (QED) is 0.303. The number of rotatable bonds is 9. The van der Waals surface area contributed by atoms with Gasteiger partial charge in [0, 0.05) is 29.5 Å². The molecule has 0 bridgehead atoms. The number of hydrogen-bond donors (Lipinski definition) is 4. The first-order valence-electron chi connectivity index (χ1n) is 8.74. The summed E-state index contributed by atoms with van der Waals surface area (Å²) in [6.45, 7) is 3.34. The minimum atomic E-state index is -1.21. The molecule has 2 aliphatic heterocycles. The number of nitrogens with one attached hydrogen (secondary N) is 1. The molecule has 10 heteroatoms. The molecule has 5 atom stereocenters. The first-order valence-corrected chi connectivity index (χ1v) is 9.72. The van der Waals surface area contributed by atoms with Gasteiger partial charge in [0.25, 0.3) is 0 Å². The predicted octanol–water partition coefficient (Wildman–Crippen LogP) is -0.379. The molecular formula is C17H24N4O5S. The smallest absolute Gasteiger partial charge is 0.353 e. The lowest BCUT2D eigenvalue weighted by Crippen LogP contribution is -2.64. The second-order valence-electron chi connectivity index (χ2n) is 6.71. The Balaban J connectivity index is 2.26. The van der Waals surface area contributed by atoms with Gasteiger partial charge in [0.1, 0.15) is 5.70 Å². The average molecular weight is 396 g/mol. The van der Waals surface area contributed by atoms with Crippen LogP contribution in [0.4, 0.5) is 0 Å². The Morgan fingerprint density at radius 1 is 1.44 bits per heavy atom. The molecular weight excluding hydrogens is 372 g/mol. The number of nitrogens with two attached hydrogens (primary N) is 1. The summed E-state index contributed by atoms with van der Waals surface area (Å²) in [6, 6.07) is 0.897.